The lowest BCUT2D eigenvalue weighted by Gasteiger charge is -2.33. The van der Waals surface area contributed by atoms with Crippen LogP contribution in [0.4, 0.5) is 5.82 Å². The molecular weight excluding hydrogens is 408 g/mol. The Balaban J connectivity index is 1.65. The van der Waals surface area contributed by atoms with Gasteiger partial charge < -0.3 is 15.1 Å². The first-order valence-electron chi connectivity index (χ1n) is 10.5. The highest BCUT2D eigenvalue weighted by atomic mass is 16.2. The zero-order valence-electron chi connectivity index (χ0n) is 18.5. The molecule has 1 N–H and O–H groups in total. The summed E-state index contributed by atoms with van der Waals surface area (Å²) in [5, 5.41) is 2.75. The summed E-state index contributed by atoms with van der Waals surface area (Å²) in [5.74, 6) is -0.118. The average Bonchev–Trinajstić information content (AvgIpc) is 3.64. The lowest BCUT2D eigenvalue weighted by molar-refractivity contribution is -0.129. The van der Waals surface area contributed by atoms with E-state index in [0.717, 1.165) is 24.7 Å². The van der Waals surface area contributed by atoms with Crippen molar-refractivity contribution in [3.05, 3.63) is 41.7 Å². The van der Waals surface area contributed by atoms with Crippen LogP contribution in [0.15, 0.2) is 46.2 Å². The Morgan fingerprint density at radius 2 is 2.16 bits per heavy atom. The molecule has 0 radical (unpaired) electrons. The van der Waals surface area contributed by atoms with Gasteiger partial charge in [-0.2, -0.15) is 0 Å². The van der Waals surface area contributed by atoms with Gasteiger partial charge in [-0.3, -0.25) is 19.4 Å². The van der Waals surface area contributed by atoms with Crippen LogP contribution in [0.1, 0.15) is 31.2 Å². The highest BCUT2D eigenvalue weighted by molar-refractivity contribution is 6.10. The van der Waals surface area contributed by atoms with Crippen molar-refractivity contribution in [1.82, 2.24) is 14.8 Å². The Morgan fingerprint density at radius 3 is 2.78 bits per heavy atom. The van der Waals surface area contributed by atoms with Gasteiger partial charge in [0.05, 0.1) is 6.54 Å². The van der Waals surface area contributed by atoms with Gasteiger partial charge in [-0.1, -0.05) is 6.58 Å². The van der Waals surface area contributed by atoms with Gasteiger partial charge in [0.15, 0.2) is 0 Å². The number of likely N-dealkylation sites (N-methyl/N-ethyl adjacent to an activating group) is 1. The van der Waals surface area contributed by atoms with Crippen LogP contribution in [0.3, 0.4) is 0 Å². The number of nitrogens with zero attached hydrogens (tertiary/aromatic N) is 5. The third-order valence-corrected chi connectivity index (χ3v) is 5.40. The summed E-state index contributed by atoms with van der Waals surface area (Å²) in [4.78, 5) is 52.6. The third kappa shape index (κ3) is 5.75. The predicted molar refractivity (Wildman–Crippen MR) is 124 cm³/mol. The van der Waals surface area contributed by atoms with Crippen molar-refractivity contribution < 1.29 is 14.4 Å². The lowest BCUT2D eigenvalue weighted by atomic mass is 10.0. The van der Waals surface area contributed by atoms with E-state index in [9.17, 15) is 14.4 Å². The van der Waals surface area contributed by atoms with E-state index in [0.29, 0.717) is 42.0 Å². The number of carbonyl (C=O) groups excluding carboxylic acids is 3. The Morgan fingerprint density at radius 1 is 1.38 bits per heavy atom. The second-order valence-corrected chi connectivity index (χ2v) is 7.82. The van der Waals surface area contributed by atoms with Crippen molar-refractivity contribution in [3.63, 3.8) is 0 Å². The van der Waals surface area contributed by atoms with Crippen molar-refractivity contribution in [2.75, 3.05) is 32.5 Å². The number of anilines is 1. The van der Waals surface area contributed by atoms with E-state index in [2.05, 4.69) is 26.9 Å². The predicted octanol–water partition coefficient (Wildman–Crippen LogP) is 1.93. The van der Waals surface area contributed by atoms with Gasteiger partial charge in [0, 0.05) is 50.2 Å². The van der Waals surface area contributed by atoms with Gasteiger partial charge >= 0.3 is 0 Å². The summed E-state index contributed by atoms with van der Waals surface area (Å²) in [7, 11) is 3.38. The van der Waals surface area contributed by atoms with Crippen LogP contribution in [0.5, 0.6) is 0 Å². The molecule has 0 atom stereocenters. The molecule has 9 nitrogen and oxygen atoms in total. The fraction of sp³-hybridized carbons (Fsp3) is 0.391. The molecule has 1 aromatic heterocycles. The average molecular weight is 437 g/mol. The van der Waals surface area contributed by atoms with E-state index < -0.39 is 0 Å². The largest absolute Gasteiger partial charge is 0.357 e. The normalized spacial score (nSPS) is 16.5. The number of aliphatic imine (C=N–C) groups is 2. The molecule has 1 aromatic rings. The first-order chi connectivity index (χ1) is 15.4. The van der Waals surface area contributed by atoms with Crippen molar-refractivity contribution in [2.45, 2.75) is 31.7 Å². The fourth-order valence-electron chi connectivity index (χ4n) is 3.51. The molecule has 1 fully saturated rings. The second-order valence-electron chi connectivity index (χ2n) is 7.82. The Kier molecular flexibility index (Phi) is 7.64. The summed E-state index contributed by atoms with van der Waals surface area (Å²) in [6, 6.07) is 3.68. The number of aromatic nitrogens is 1. The van der Waals surface area contributed by atoms with Gasteiger partial charge in [-0.05, 0) is 43.4 Å². The maximum Gasteiger partial charge on any atom is 0.270 e. The van der Waals surface area contributed by atoms with Crippen LogP contribution in [-0.2, 0) is 14.4 Å². The lowest BCUT2D eigenvalue weighted by Crippen LogP contribution is -2.43. The van der Waals surface area contributed by atoms with E-state index >= 15 is 0 Å². The van der Waals surface area contributed by atoms with Crippen LogP contribution in [0.25, 0.3) is 5.57 Å². The first-order valence-corrected chi connectivity index (χ1v) is 10.5. The molecule has 2 amide bonds. The van der Waals surface area contributed by atoms with Crippen LogP contribution in [0.2, 0.25) is 0 Å². The quantitative estimate of drug-likeness (QED) is 0.362. The number of aldehydes is 1. The second kappa shape index (κ2) is 10.6. The summed E-state index contributed by atoms with van der Waals surface area (Å²) < 4.78 is 0. The number of allylic oxidation sites excluding steroid dienone is 2. The Labute approximate surface area is 187 Å². The van der Waals surface area contributed by atoms with Gasteiger partial charge in [0.2, 0.25) is 5.91 Å². The molecule has 3 rings (SSSR count). The minimum absolute atomic E-state index is 0.0317. The summed E-state index contributed by atoms with van der Waals surface area (Å²) in [5.41, 5.74) is 2.22. The zero-order valence-corrected chi connectivity index (χ0v) is 18.5. The van der Waals surface area contributed by atoms with E-state index in [1.54, 1.807) is 48.4 Å². The van der Waals surface area contributed by atoms with Gasteiger partial charge in [0.1, 0.15) is 24.1 Å². The minimum Gasteiger partial charge on any atom is -0.357 e. The molecule has 1 aliphatic heterocycles. The van der Waals surface area contributed by atoms with Crippen molar-refractivity contribution in [3.8, 4) is 0 Å². The monoisotopic (exact) mass is 436 g/mol. The molecular formula is C23H28N6O3. The smallest absolute Gasteiger partial charge is 0.270 e. The molecule has 2 heterocycles. The highest BCUT2D eigenvalue weighted by Gasteiger charge is 2.35. The molecule has 32 heavy (non-hydrogen) atoms. The molecule has 9 heteroatoms. The van der Waals surface area contributed by atoms with Crippen LogP contribution >= 0.6 is 0 Å². The Hall–Kier alpha value is -3.62. The number of rotatable bonds is 9. The molecule has 0 spiro atoms. The summed E-state index contributed by atoms with van der Waals surface area (Å²) in [6.45, 7) is 4.43. The molecule has 0 saturated heterocycles. The van der Waals surface area contributed by atoms with E-state index in [4.69, 9.17) is 0 Å². The van der Waals surface area contributed by atoms with E-state index in [-0.39, 0.29) is 24.4 Å². The molecule has 168 valence electrons. The number of pyridine rings is 1. The van der Waals surface area contributed by atoms with Crippen molar-refractivity contribution in [2.24, 2.45) is 9.98 Å². The molecule has 1 aliphatic carbocycles. The topological polar surface area (TPSA) is 107 Å². The maximum atomic E-state index is 13.0. The van der Waals surface area contributed by atoms with Gasteiger partial charge in [-0.25, -0.2) is 9.98 Å². The van der Waals surface area contributed by atoms with E-state index in [1.807, 2.05) is 0 Å². The van der Waals surface area contributed by atoms with Crippen LogP contribution in [0, 0.1) is 0 Å². The van der Waals surface area contributed by atoms with Crippen molar-refractivity contribution >= 4 is 42.0 Å². The number of nitrogens with one attached hydrogen (secondary N) is 1. The third-order valence-electron chi connectivity index (χ3n) is 5.40. The zero-order chi connectivity index (χ0) is 23.1. The van der Waals surface area contributed by atoms with Gasteiger partial charge in [0.25, 0.3) is 5.91 Å². The molecule has 1 saturated carbocycles. The summed E-state index contributed by atoms with van der Waals surface area (Å²) >= 11 is 0. The number of hydrogen-bond donors (Lipinski definition) is 1. The standard InChI is InChI=1S/C23H28N6O3/c1-16(11-25-15-24-2)17-6-9-20(26-12-17)27-21(31)13-29-10-4-5-18(14-30)22(29)23(32)28(3)19-7-8-19/h6,9,11-12,14-15,19H,1,4-5,7-8,10,13H2,2-3H3,(H,26,27,31). The van der Waals surface area contributed by atoms with Gasteiger partial charge in [-0.15, -0.1) is 0 Å². The Bertz CT molecular complexity index is 976. The molecule has 2 aliphatic rings. The SMILES string of the molecule is C=C(C=NC=NC)c1ccc(NC(=O)CN2CCCC(C=O)=C2C(=O)N(C)C2CC2)nc1. The minimum atomic E-state index is -0.309. The molecule has 0 aromatic carbocycles. The molecule has 0 bridgehead atoms. The van der Waals surface area contributed by atoms with Crippen molar-refractivity contribution in [1.29, 1.82) is 0 Å². The van der Waals surface area contributed by atoms with Crippen LogP contribution in [-0.4, -0.2) is 78.7 Å². The maximum absolute atomic E-state index is 13.0. The van der Waals surface area contributed by atoms with E-state index in [1.165, 1.54) is 6.34 Å². The number of hydrogen-bond acceptors (Lipinski definition) is 6. The summed E-state index contributed by atoms with van der Waals surface area (Å²) in [6.07, 6.45) is 8.52. The molecule has 0 unspecified atom stereocenters. The van der Waals surface area contributed by atoms with Crippen LogP contribution < -0.4 is 5.32 Å². The number of carbonyl (C=O) groups is 3. The first kappa shape index (κ1) is 23.1. The highest BCUT2D eigenvalue weighted by Crippen LogP contribution is 2.29. The number of amides is 2. The fourth-order valence-corrected chi connectivity index (χ4v) is 3.51.